The molecule has 3 N–H and O–H groups in total. The van der Waals surface area contributed by atoms with Gasteiger partial charge in [-0.25, -0.2) is 5.43 Å². The zero-order valence-corrected chi connectivity index (χ0v) is 11.6. The normalized spacial score (nSPS) is 18.6. The van der Waals surface area contributed by atoms with Crippen molar-refractivity contribution in [1.82, 2.24) is 15.2 Å². The molecule has 5 nitrogen and oxygen atoms in total. The number of nitrogens with two attached hydrogens (primary N) is 1. The molecule has 1 aromatic carbocycles. The van der Waals surface area contributed by atoms with Crippen molar-refractivity contribution in [1.29, 1.82) is 0 Å². The minimum atomic E-state index is -0.0481. The number of rotatable bonds is 5. The van der Waals surface area contributed by atoms with Crippen LogP contribution in [0.1, 0.15) is 30.5 Å². The molecule has 3 rings (SSSR count). The first-order chi connectivity index (χ1) is 9.81. The zero-order chi connectivity index (χ0) is 13.9. The minimum absolute atomic E-state index is 0.0108. The molecular formula is C15H20N4O. The number of fused-ring (bicyclic) bond motifs is 1. The Labute approximate surface area is 118 Å². The van der Waals surface area contributed by atoms with Crippen LogP contribution in [0, 0.1) is 0 Å². The quantitative estimate of drug-likeness (QED) is 0.643. The number of ether oxygens (including phenoxy) is 1. The molecular weight excluding hydrogens is 252 g/mol. The molecule has 1 aliphatic rings. The van der Waals surface area contributed by atoms with Crippen LogP contribution >= 0.6 is 0 Å². The number of hydrogen-bond acceptors (Lipinski definition) is 4. The summed E-state index contributed by atoms with van der Waals surface area (Å²) in [6.07, 6.45) is 5.85. The van der Waals surface area contributed by atoms with E-state index < -0.39 is 0 Å². The van der Waals surface area contributed by atoms with Crippen molar-refractivity contribution in [2.45, 2.75) is 38.5 Å². The van der Waals surface area contributed by atoms with E-state index in [1.807, 2.05) is 35.3 Å². The van der Waals surface area contributed by atoms with Gasteiger partial charge in [0.15, 0.2) is 0 Å². The van der Waals surface area contributed by atoms with Crippen LogP contribution in [-0.4, -0.2) is 15.9 Å². The van der Waals surface area contributed by atoms with Crippen LogP contribution < -0.4 is 16.0 Å². The molecule has 2 atom stereocenters. The molecule has 2 unspecified atom stereocenters. The van der Waals surface area contributed by atoms with E-state index in [9.17, 15) is 0 Å². The Bertz CT molecular complexity index is 556. The van der Waals surface area contributed by atoms with Crippen LogP contribution in [0.3, 0.4) is 0 Å². The van der Waals surface area contributed by atoms with Crippen LogP contribution in [-0.2, 0) is 13.0 Å². The Morgan fingerprint density at radius 1 is 1.50 bits per heavy atom. The molecule has 106 valence electrons. The van der Waals surface area contributed by atoms with Gasteiger partial charge in [-0.2, -0.15) is 5.10 Å². The number of nitrogens with zero attached hydrogens (tertiary/aromatic N) is 2. The molecule has 0 saturated carbocycles. The van der Waals surface area contributed by atoms with Gasteiger partial charge in [-0.1, -0.05) is 25.1 Å². The lowest BCUT2D eigenvalue weighted by Crippen LogP contribution is -2.38. The number of benzene rings is 1. The van der Waals surface area contributed by atoms with Gasteiger partial charge < -0.3 is 4.74 Å². The van der Waals surface area contributed by atoms with Gasteiger partial charge in [-0.3, -0.25) is 10.5 Å². The van der Waals surface area contributed by atoms with Crippen molar-refractivity contribution >= 4 is 0 Å². The number of hydrazine groups is 1. The number of nitrogens with one attached hydrogen (secondary N) is 1. The molecule has 20 heavy (non-hydrogen) atoms. The molecule has 2 aromatic rings. The molecule has 0 fully saturated rings. The Morgan fingerprint density at radius 3 is 3.10 bits per heavy atom. The highest BCUT2D eigenvalue weighted by molar-refractivity contribution is 5.38. The predicted octanol–water partition coefficient (Wildman–Crippen LogP) is 1.80. The zero-order valence-electron chi connectivity index (χ0n) is 11.6. The average Bonchev–Trinajstić information content (AvgIpc) is 3.07. The summed E-state index contributed by atoms with van der Waals surface area (Å²) in [6.45, 7) is 3.06. The Morgan fingerprint density at radius 2 is 2.35 bits per heavy atom. The van der Waals surface area contributed by atoms with Crippen LogP contribution in [0.5, 0.6) is 5.75 Å². The topological polar surface area (TPSA) is 65.1 Å². The van der Waals surface area contributed by atoms with Crippen molar-refractivity contribution < 1.29 is 4.74 Å². The van der Waals surface area contributed by atoms with Gasteiger partial charge in [0.1, 0.15) is 11.9 Å². The number of aryl methyl sites for hydroxylation is 1. The van der Waals surface area contributed by atoms with Crippen molar-refractivity contribution in [3.63, 3.8) is 0 Å². The molecule has 1 aliphatic heterocycles. The van der Waals surface area contributed by atoms with Crippen molar-refractivity contribution in [2.24, 2.45) is 5.84 Å². The number of para-hydroxylation sites is 1. The van der Waals surface area contributed by atoms with Crippen molar-refractivity contribution in [3.05, 3.63) is 47.8 Å². The third kappa shape index (κ3) is 2.42. The lowest BCUT2D eigenvalue weighted by molar-refractivity contribution is 0.179. The molecule has 0 radical (unpaired) electrons. The van der Waals surface area contributed by atoms with Gasteiger partial charge >= 0.3 is 0 Å². The van der Waals surface area contributed by atoms with Gasteiger partial charge in [0, 0.05) is 24.7 Å². The summed E-state index contributed by atoms with van der Waals surface area (Å²) >= 11 is 0. The van der Waals surface area contributed by atoms with Gasteiger partial charge in [0.05, 0.1) is 12.2 Å². The monoisotopic (exact) mass is 272 g/mol. The fraction of sp³-hybridized carbons (Fsp3) is 0.400. The van der Waals surface area contributed by atoms with E-state index in [4.69, 9.17) is 10.6 Å². The maximum atomic E-state index is 6.00. The maximum absolute atomic E-state index is 6.00. The third-order valence-corrected chi connectivity index (χ3v) is 3.69. The molecule has 0 amide bonds. The minimum Gasteiger partial charge on any atom is -0.488 e. The first-order valence-electron chi connectivity index (χ1n) is 7.05. The summed E-state index contributed by atoms with van der Waals surface area (Å²) in [7, 11) is 0. The van der Waals surface area contributed by atoms with Crippen molar-refractivity contribution in [2.75, 3.05) is 0 Å². The highest BCUT2D eigenvalue weighted by Gasteiger charge is 2.31. The fourth-order valence-electron chi connectivity index (χ4n) is 2.70. The number of aromatic nitrogens is 2. The second-order valence-corrected chi connectivity index (χ2v) is 5.15. The Kier molecular flexibility index (Phi) is 3.71. The highest BCUT2D eigenvalue weighted by atomic mass is 16.5. The third-order valence-electron chi connectivity index (χ3n) is 3.69. The molecule has 0 bridgehead atoms. The Balaban J connectivity index is 1.77. The van der Waals surface area contributed by atoms with E-state index in [0.29, 0.717) is 0 Å². The SMILES string of the molecule is CCCn1cc(C(NN)C2Cc3ccccc3O2)cn1. The van der Waals surface area contributed by atoms with E-state index in [2.05, 4.69) is 23.5 Å². The second-order valence-electron chi connectivity index (χ2n) is 5.15. The summed E-state index contributed by atoms with van der Waals surface area (Å²) in [5.41, 5.74) is 5.18. The number of hydrogen-bond donors (Lipinski definition) is 2. The largest absolute Gasteiger partial charge is 0.488 e. The van der Waals surface area contributed by atoms with Crippen molar-refractivity contribution in [3.8, 4) is 5.75 Å². The molecule has 5 heteroatoms. The van der Waals surface area contributed by atoms with Gasteiger partial charge in [0.25, 0.3) is 0 Å². The van der Waals surface area contributed by atoms with E-state index in [1.54, 1.807) is 0 Å². The second kappa shape index (κ2) is 5.64. The van der Waals surface area contributed by atoms with E-state index in [0.717, 1.165) is 30.7 Å². The molecule has 0 saturated heterocycles. The van der Waals surface area contributed by atoms with Crippen LogP contribution in [0.25, 0.3) is 0 Å². The smallest absolute Gasteiger partial charge is 0.124 e. The first kappa shape index (κ1) is 13.1. The summed E-state index contributed by atoms with van der Waals surface area (Å²) in [6, 6.07) is 8.08. The summed E-state index contributed by atoms with van der Waals surface area (Å²) < 4.78 is 7.95. The molecule has 2 heterocycles. The van der Waals surface area contributed by atoms with Gasteiger partial charge in [-0.15, -0.1) is 0 Å². The van der Waals surface area contributed by atoms with Crippen LogP contribution in [0.2, 0.25) is 0 Å². The fourth-order valence-corrected chi connectivity index (χ4v) is 2.70. The van der Waals surface area contributed by atoms with Crippen LogP contribution in [0.4, 0.5) is 0 Å². The van der Waals surface area contributed by atoms with E-state index in [1.165, 1.54) is 5.56 Å². The molecule has 0 aliphatic carbocycles. The standard InChI is InChI=1S/C15H20N4O/c1-2-7-19-10-12(9-17-19)15(18-16)14-8-11-5-3-4-6-13(11)20-14/h3-6,9-10,14-15,18H,2,7-8,16H2,1H3. The lowest BCUT2D eigenvalue weighted by atomic mass is 10.0. The summed E-state index contributed by atoms with van der Waals surface area (Å²) in [5, 5.41) is 4.36. The average molecular weight is 272 g/mol. The molecule has 0 spiro atoms. The first-order valence-corrected chi connectivity index (χ1v) is 7.05. The van der Waals surface area contributed by atoms with E-state index >= 15 is 0 Å². The van der Waals surface area contributed by atoms with E-state index in [-0.39, 0.29) is 12.1 Å². The predicted molar refractivity (Wildman–Crippen MR) is 77.1 cm³/mol. The molecule has 1 aromatic heterocycles. The van der Waals surface area contributed by atoms with Gasteiger partial charge in [0.2, 0.25) is 0 Å². The Hall–Kier alpha value is -1.85. The van der Waals surface area contributed by atoms with Crippen LogP contribution in [0.15, 0.2) is 36.7 Å². The summed E-state index contributed by atoms with van der Waals surface area (Å²) in [4.78, 5) is 0. The van der Waals surface area contributed by atoms with Gasteiger partial charge in [-0.05, 0) is 18.1 Å². The highest BCUT2D eigenvalue weighted by Crippen LogP contribution is 2.33. The maximum Gasteiger partial charge on any atom is 0.124 e. The summed E-state index contributed by atoms with van der Waals surface area (Å²) in [5.74, 6) is 6.69. The lowest BCUT2D eigenvalue weighted by Gasteiger charge is -2.21.